The van der Waals surface area contributed by atoms with E-state index in [1.165, 1.54) is 12.1 Å². The fraction of sp³-hybridized carbons (Fsp3) is 0.381. The van der Waals surface area contributed by atoms with E-state index in [2.05, 4.69) is 0 Å². The van der Waals surface area contributed by atoms with Crippen molar-refractivity contribution in [3.05, 3.63) is 35.4 Å². The molecule has 2 aromatic carbocycles. The van der Waals surface area contributed by atoms with Crippen LogP contribution < -0.4 is 9.47 Å². The van der Waals surface area contributed by atoms with E-state index in [-0.39, 0.29) is 34.8 Å². The number of phenols is 4. The lowest BCUT2D eigenvalue weighted by molar-refractivity contribution is -0.277. The number of aromatic hydroxyl groups is 4. The molecule has 0 saturated carbocycles. The fourth-order valence-corrected chi connectivity index (χ4v) is 3.81. The van der Waals surface area contributed by atoms with Gasteiger partial charge in [-0.05, 0) is 12.1 Å². The average Bonchev–Trinajstić information content (AvgIpc) is 2.76. The summed E-state index contributed by atoms with van der Waals surface area (Å²) in [6, 6.07) is 4.72. The molecule has 12 heteroatoms. The van der Waals surface area contributed by atoms with Gasteiger partial charge >= 0.3 is 0 Å². The van der Waals surface area contributed by atoms with Crippen LogP contribution in [0.15, 0.2) is 24.3 Å². The maximum atomic E-state index is 12.7. The lowest BCUT2D eigenvalue weighted by atomic mass is 9.95. The van der Waals surface area contributed by atoms with Crippen molar-refractivity contribution in [2.75, 3.05) is 6.61 Å². The van der Waals surface area contributed by atoms with Gasteiger partial charge in [0.2, 0.25) is 12.0 Å². The van der Waals surface area contributed by atoms with Gasteiger partial charge in [-0.3, -0.25) is 4.79 Å². The van der Waals surface area contributed by atoms with Crippen LogP contribution in [0.1, 0.15) is 28.4 Å². The Hall–Kier alpha value is -3.29. The van der Waals surface area contributed by atoms with Gasteiger partial charge in [0, 0.05) is 17.7 Å². The van der Waals surface area contributed by atoms with E-state index in [1.807, 2.05) is 0 Å². The minimum absolute atomic E-state index is 0.200. The Labute approximate surface area is 186 Å². The summed E-state index contributed by atoms with van der Waals surface area (Å²) >= 11 is 0. The Morgan fingerprint density at radius 2 is 1.58 bits per heavy atom. The van der Waals surface area contributed by atoms with E-state index in [0.29, 0.717) is 0 Å². The van der Waals surface area contributed by atoms with Crippen LogP contribution in [0.5, 0.6) is 34.5 Å². The van der Waals surface area contributed by atoms with E-state index >= 15 is 0 Å². The van der Waals surface area contributed by atoms with Gasteiger partial charge in [0.05, 0.1) is 13.0 Å². The first-order valence-electron chi connectivity index (χ1n) is 9.89. The monoisotopic (exact) mass is 466 g/mol. The number of phenolic OH excluding ortho intramolecular Hbond substituents is 4. The van der Waals surface area contributed by atoms with E-state index in [1.54, 1.807) is 0 Å². The zero-order valence-electron chi connectivity index (χ0n) is 16.9. The molecule has 2 aromatic rings. The molecule has 0 bridgehead atoms. The lowest BCUT2D eigenvalue weighted by Crippen LogP contribution is -2.60. The number of hydrogen-bond donors (Lipinski definition) is 8. The highest BCUT2D eigenvalue weighted by molar-refractivity contribution is 6.03. The van der Waals surface area contributed by atoms with Gasteiger partial charge in [0.1, 0.15) is 53.3 Å². The van der Waals surface area contributed by atoms with Crippen molar-refractivity contribution in [1.29, 1.82) is 0 Å². The molecule has 4 rings (SSSR count). The first kappa shape index (κ1) is 22.9. The Morgan fingerprint density at radius 3 is 2.21 bits per heavy atom. The number of benzene rings is 2. The molecule has 6 atom stereocenters. The molecule has 12 nitrogen and oxygen atoms in total. The third kappa shape index (κ3) is 4.10. The average molecular weight is 466 g/mol. The molecular weight excluding hydrogens is 444 g/mol. The van der Waals surface area contributed by atoms with Gasteiger partial charge in [-0.15, -0.1) is 0 Å². The second-order valence-electron chi connectivity index (χ2n) is 7.78. The summed E-state index contributed by atoms with van der Waals surface area (Å²) < 4.78 is 16.3. The van der Waals surface area contributed by atoms with Crippen LogP contribution in [0.2, 0.25) is 0 Å². The molecular formula is C21H22O12. The second-order valence-corrected chi connectivity index (χ2v) is 7.78. The largest absolute Gasteiger partial charge is 0.508 e. The molecule has 0 aromatic heterocycles. The number of hydrogen-bond acceptors (Lipinski definition) is 12. The minimum atomic E-state index is -1.79. The molecule has 2 aliphatic heterocycles. The maximum Gasteiger partial charge on any atom is 0.229 e. The third-order valence-corrected chi connectivity index (χ3v) is 5.51. The summed E-state index contributed by atoms with van der Waals surface area (Å²) in [5.41, 5.74) is -0.0512. The first-order chi connectivity index (χ1) is 15.6. The van der Waals surface area contributed by atoms with Crippen LogP contribution in [-0.4, -0.2) is 83.9 Å². The predicted molar refractivity (Wildman–Crippen MR) is 106 cm³/mol. The summed E-state index contributed by atoms with van der Waals surface area (Å²) in [5, 5.41) is 79.4. The molecule has 0 radical (unpaired) electrons. The molecule has 33 heavy (non-hydrogen) atoms. The number of carbonyl (C=O) groups excluding carboxylic acids is 1. The van der Waals surface area contributed by atoms with E-state index < -0.39 is 66.4 Å². The fourth-order valence-electron chi connectivity index (χ4n) is 3.81. The Bertz CT molecular complexity index is 1050. The minimum Gasteiger partial charge on any atom is -0.508 e. The Balaban J connectivity index is 1.66. The van der Waals surface area contributed by atoms with E-state index in [9.17, 15) is 45.6 Å². The normalized spacial score (nSPS) is 29.3. The molecule has 0 spiro atoms. The number of fused-ring (bicyclic) bond motifs is 1. The predicted octanol–water partition coefficient (Wildman–Crippen LogP) is -0.606. The SMILES string of the molecule is O=C1CC(c2cc(O)cc(O)c2)Oc2cc(OC3OC(CO)C(O)C(O)C3O)c(O)c(O)c21. The number of carbonyl (C=O) groups is 1. The lowest BCUT2D eigenvalue weighted by Gasteiger charge is -2.39. The highest BCUT2D eigenvalue weighted by Gasteiger charge is 2.45. The highest BCUT2D eigenvalue weighted by Crippen LogP contribution is 2.49. The van der Waals surface area contributed by atoms with Crippen LogP contribution >= 0.6 is 0 Å². The quantitative estimate of drug-likeness (QED) is 0.266. The smallest absolute Gasteiger partial charge is 0.229 e. The summed E-state index contributed by atoms with van der Waals surface area (Å²) in [6.45, 7) is -0.706. The van der Waals surface area contributed by atoms with Crippen molar-refractivity contribution in [2.24, 2.45) is 0 Å². The van der Waals surface area contributed by atoms with Crippen molar-refractivity contribution >= 4 is 5.78 Å². The van der Waals surface area contributed by atoms with Crippen LogP contribution in [0.3, 0.4) is 0 Å². The number of rotatable bonds is 4. The zero-order valence-corrected chi connectivity index (χ0v) is 16.9. The van der Waals surface area contributed by atoms with Crippen LogP contribution in [0.4, 0.5) is 0 Å². The number of aliphatic hydroxyl groups is 4. The summed E-state index contributed by atoms with van der Waals surface area (Å²) in [5.74, 6) is -3.52. The Kier molecular flexibility index (Phi) is 5.95. The van der Waals surface area contributed by atoms with Gasteiger partial charge in [0.25, 0.3) is 0 Å². The molecule has 1 fully saturated rings. The molecule has 0 aliphatic carbocycles. The van der Waals surface area contributed by atoms with Gasteiger partial charge < -0.3 is 55.1 Å². The topological polar surface area (TPSA) is 207 Å². The summed E-state index contributed by atoms with van der Waals surface area (Å²) in [4.78, 5) is 12.7. The number of aliphatic hydroxyl groups excluding tert-OH is 4. The van der Waals surface area contributed by atoms with E-state index in [0.717, 1.165) is 12.1 Å². The maximum absolute atomic E-state index is 12.7. The van der Waals surface area contributed by atoms with E-state index in [4.69, 9.17) is 14.2 Å². The van der Waals surface area contributed by atoms with Crippen LogP contribution in [0.25, 0.3) is 0 Å². The molecule has 2 aliphatic rings. The summed E-state index contributed by atoms with van der Waals surface area (Å²) in [6.07, 6.45) is -9.32. The van der Waals surface area contributed by atoms with Gasteiger partial charge in [-0.1, -0.05) is 0 Å². The standard InChI is InChI=1S/C21H22O12/c22-6-14-17(27)19(29)20(30)21(33-14)32-13-5-12-15(18(28)16(13)26)10(25)4-11(31-12)7-1-8(23)3-9(24)2-7/h1-3,5,11,14,17,19-24,26-30H,4,6H2. The molecule has 2 heterocycles. The van der Waals surface area contributed by atoms with Gasteiger partial charge in [-0.25, -0.2) is 0 Å². The van der Waals surface area contributed by atoms with Crippen molar-refractivity contribution in [2.45, 2.75) is 43.2 Å². The highest BCUT2D eigenvalue weighted by atomic mass is 16.7. The number of ether oxygens (including phenoxy) is 3. The number of ketones is 1. The number of Topliss-reactive ketones (excluding diaryl/α,β-unsaturated/α-hetero) is 1. The zero-order chi connectivity index (χ0) is 24.0. The first-order valence-corrected chi connectivity index (χ1v) is 9.89. The molecule has 6 unspecified atom stereocenters. The molecule has 8 N–H and O–H groups in total. The van der Waals surface area contributed by atoms with Crippen molar-refractivity contribution < 1.29 is 59.9 Å². The Morgan fingerprint density at radius 1 is 0.909 bits per heavy atom. The molecule has 0 amide bonds. The summed E-state index contributed by atoms with van der Waals surface area (Å²) in [7, 11) is 0. The van der Waals surface area contributed by atoms with Crippen molar-refractivity contribution in [1.82, 2.24) is 0 Å². The van der Waals surface area contributed by atoms with Crippen LogP contribution in [0, 0.1) is 0 Å². The molecule has 178 valence electrons. The third-order valence-electron chi connectivity index (χ3n) is 5.51. The van der Waals surface area contributed by atoms with Gasteiger partial charge in [0.15, 0.2) is 17.3 Å². The van der Waals surface area contributed by atoms with Crippen LogP contribution in [-0.2, 0) is 4.74 Å². The van der Waals surface area contributed by atoms with Crippen molar-refractivity contribution in [3.63, 3.8) is 0 Å². The molecule has 1 saturated heterocycles. The van der Waals surface area contributed by atoms with Gasteiger partial charge in [-0.2, -0.15) is 0 Å². The van der Waals surface area contributed by atoms with Crippen molar-refractivity contribution in [3.8, 4) is 34.5 Å². The second kappa shape index (κ2) is 8.57.